The second-order valence-corrected chi connectivity index (χ2v) is 13.7. The van der Waals surface area contributed by atoms with E-state index < -0.39 is 38.6 Å². The van der Waals surface area contributed by atoms with Gasteiger partial charge in [-0.3, -0.25) is 9.69 Å². The second-order valence-electron chi connectivity index (χ2n) is 11.8. The molecule has 3 aliphatic heterocycles. The number of carbonyl (C=O) groups is 2. The number of aromatic nitrogens is 2. The van der Waals surface area contributed by atoms with Crippen LogP contribution in [0, 0.1) is 11.6 Å². The SMILES string of the molecule is O=C(Nc1nn(C(=O)O)c2c1CN(S(=O)(=O)c1cc(F)cc(F)c1)CC2)c1ccc(OCCN2CCCC2)cc1NC1CCOCC1. The second kappa shape index (κ2) is 13.9. The highest BCUT2D eigenvalue weighted by molar-refractivity contribution is 7.89. The van der Waals surface area contributed by atoms with Crippen LogP contribution in [0.1, 0.15) is 47.3 Å². The number of carbonyl (C=O) groups excluding carboxylic acids is 1. The highest BCUT2D eigenvalue weighted by atomic mass is 32.2. The van der Waals surface area contributed by atoms with Gasteiger partial charge < -0.3 is 25.2 Å². The number of ether oxygens (including phenoxy) is 2. The maximum absolute atomic E-state index is 13.9. The molecule has 0 unspecified atom stereocenters. The summed E-state index contributed by atoms with van der Waals surface area (Å²) in [4.78, 5) is 27.6. The van der Waals surface area contributed by atoms with Crippen molar-refractivity contribution in [1.82, 2.24) is 19.0 Å². The van der Waals surface area contributed by atoms with Crippen LogP contribution in [0.15, 0.2) is 41.3 Å². The van der Waals surface area contributed by atoms with Crippen LogP contribution in [-0.2, 0) is 27.7 Å². The molecule has 4 heterocycles. The van der Waals surface area contributed by atoms with E-state index in [1.807, 2.05) is 0 Å². The predicted octanol–water partition coefficient (Wildman–Crippen LogP) is 3.75. The van der Waals surface area contributed by atoms with Crippen LogP contribution in [0.2, 0.25) is 0 Å². The van der Waals surface area contributed by atoms with E-state index in [1.54, 1.807) is 18.2 Å². The maximum atomic E-state index is 13.9. The van der Waals surface area contributed by atoms with Gasteiger partial charge in [0.05, 0.1) is 21.8 Å². The monoisotopic (exact) mass is 674 g/mol. The molecule has 1 amide bonds. The van der Waals surface area contributed by atoms with E-state index in [1.165, 1.54) is 12.8 Å². The van der Waals surface area contributed by atoms with Gasteiger partial charge in [0.1, 0.15) is 24.0 Å². The minimum absolute atomic E-state index is 0.0422. The lowest BCUT2D eigenvalue weighted by molar-refractivity contribution is 0.0904. The van der Waals surface area contributed by atoms with Crippen LogP contribution < -0.4 is 15.4 Å². The maximum Gasteiger partial charge on any atom is 0.432 e. The standard InChI is InChI=1S/C31H36F2N6O7S/c32-20-15-21(33)17-24(16-20)47(43,44)38-10-5-28-26(19-38)29(36-39(28)31(41)42)35-30(40)25-4-3-23(46-14-11-37-8-1-2-9-37)18-27(25)34-22-6-12-45-13-7-22/h3-4,15-18,22,34H,1-2,5-14,19H2,(H,41,42)(H,35,36,40). The number of hydrogen-bond donors (Lipinski definition) is 3. The fourth-order valence-electron chi connectivity index (χ4n) is 6.15. The largest absolute Gasteiger partial charge is 0.492 e. The average molecular weight is 675 g/mol. The summed E-state index contributed by atoms with van der Waals surface area (Å²) in [5.41, 5.74) is 1.12. The van der Waals surface area contributed by atoms with Gasteiger partial charge in [-0.25, -0.2) is 22.0 Å². The Kier molecular flexibility index (Phi) is 9.72. The van der Waals surface area contributed by atoms with E-state index in [9.17, 15) is 31.9 Å². The van der Waals surface area contributed by atoms with Gasteiger partial charge in [-0.1, -0.05) is 0 Å². The minimum atomic E-state index is -4.38. The third kappa shape index (κ3) is 7.40. The third-order valence-corrected chi connectivity index (χ3v) is 10.4. The zero-order chi connectivity index (χ0) is 33.1. The lowest BCUT2D eigenvalue weighted by atomic mass is 10.1. The Hall–Kier alpha value is -4.12. The Bertz CT molecular complexity index is 1740. The van der Waals surface area contributed by atoms with Crippen molar-refractivity contribution in [1.29, 1.82) is 0 Å². The van der Waals surface area contributed by atoms with Crippen molar-refractivity contribution in [3.05, 3.63) is 64.9 Å². The molecule has 252 valence electrons. The number of likely N-dealkylation sites (tertiary alicyclic amines) is 1. The highest BCUT2D eigenvalue weighted by Gasteiger charge is 2.35. The molecule has 0 saturated carbocycles. The third-order valence-electron chi connectivity index (χ3n) is 8.60. The van der Waals surface area contributed by atoms with Crippen LogP contribution in [0.25, 0.3) is 0 Å². The Morgan fingerprint density at radius 1 is 1.04 bits per heavy atom. The average Bonchev–Trinajstić information content (AvgIpc) is 3.69. The van der Waals surface area contributed by atoms with E-state index in [4.69, 9.17) is 9.47 Å². The molecular formula is C31H36F2N6O7S. The minimum Gasteiger partial charge on any atom is -0.492 e. The molecule has 2 fully saturated rings. The first kappa shape index (κ1) is 32.8. The number of anilines is 2. The molecule has 0 atom stereocenters. The highest BCUT2D eigenvalue weighted by Crippen LogP contribution is 2.32. The molecular weight excluding hydrogens is 638 g/mol. The Balaban J connectivity index is 1.25. The fraction of sp³-hybridized carbons (Fsp3) is 0.452. The van der Waals surface area contributed by atoms with E-state index in [0.717, 1.165) is 36.8 Å². The summed E-state index contributed by atoms with van der Waals surface area (Å²) in [6.45, 7) is 3.98. The van der Waals surface area contributed by atoms with Gasteiger partial charge in [-0.15, -0.1) is 5.10 Å². The van der Waals surface area contributed by atoms with Crippen LogP contribution in [0.4, 0.5) is 25.1 Å². The molecule has 13 nitrogen and oxygen atoms in total. The molecule has 3 N–H and O–H groups in total. The van der Waals surface area contributed by atoms with Gasteiger partial charge >= 0.3 is 6.09 Å². The molecule has 3 aromatic rings. The Morgan fingerprint density at radius 3 is 2.47 bits per heavy atom. The topological polar surface area (TPSA) is 155 Å². The molecule has 0 bridgehead atoms. The van der Waals surface area contributed by atoms with E-state index in [-0.39, 0.29) is 48.2 Å². The normalized spacial score (nSPS) is 17.7. The summed E-state index contributed by atoms with van der Waals surface area (Å²) < 4.78 is 67.6. The number of hydrogen-bond acceptors (Lipinski definition) is 9. The first-order valence-corrected chi connectivity index (χ1v) is 17.0. The number of benzene rings is 2. The zero-order valence-corrected chi connectivity index (χ0v) is 26.4. The van der Waals surface area contributed by atoms with E-state index in [0.29, 0.717) is 54.1 Å². The van der Waals surface area contributed by atoms with Gasteiger partial charge in [-0.05, 0) is 63.0 Å². The molecule has 0 radical (unpaired) electrons. The van der Waals surface area contributed by atoms with Crippen molar-refractivity contribution in [2.45, 2.75) is 49.6 Å². The molecule has 2 aromatic carbocycles. The van der Waals surface area contributed by atoms with E-state index >= 15 is 0 Å². The van der Waals surface area contributed by atoms with Crippen molar-refractivity contribution in [3.63, 3.8) is 0 Å². The molecule has 47 heavy (non-hydrogen) atoms. The van der Waals surface area contributed by atoms with Gasteiger partial charge in [0.15, 0.2) is 5.82 Å². The smallest absolute Gasteiger partial charge is 0.432 e. The lowest BCUT2D eigenvalue weighted by Crippen LogP contribution is -2.37. The first-order valence-electron chi connectivity index (χ1n) is 15.5. The molecule has 0 spiro atoms. The molecule has 2 saturated heterocycles. The van der Waals surface area contributed by atoms with Crippen molar-refractivity contribution >= 4 is 33.5 Å². The number of halogens is 2. The van der Waals surface area contributed by atoms with Gasteiger partial charge in [-0.2, -0.15) is 8.99 Å². The predicted molar refractivity (Wildman–Crippen MR) is 166 cm³/mol. The van der Waals surface area contributed by atoms with Crippen molar-refractivity contribution in [2.24, 2.45) is 0 Å². The summed E-state index contributed by atoms with van der Waals surface area (Å²) in [6, 6.07) is 7.08. The lowest BCUT2D eigenvalue weighted by Gasteiger charge is -2.27. The van der Waals surface area contributed by atoms with E-state index in [2.05, 4.69) is 20.6 Å². The van der Waals surface area contributed by atoms with Gasteiger partial charge in [0.2, 0.25) is 10.0 Å². The van der Waals surface area contributed by atoms with Gasteiger partial charge in [0.25, 0.3) is 5.91 Å². The molecule has 0 aliphatic carbocycles. The summed E-state index contributed by atoms with van der Waals surface area (Å²) in [6.07, 6.45) is 2.34. The summed E-state index contributed by atoms with van der Waals surface area (Å²) in [7, 11) is -4.38. The Morgan fingerprint density at radius 2 is 1.77 bits per heavy atom. The summed E-state index contributed by atoms with van der Waals surface area (Å²) >= 11 is 0. The molecule has 16 heteroatoms. The molecule has 1 aromatic heterocycles. The fourth-order valence-corrected chi connectivity index (χ4v) is 7.60. The van der Waals surface area contributed by atoms with Crippen LogP contribution in [0.5, 0.6) is 5.75 Å². The van der Waals surface area contributed by atoms with Crippen LogP contribution in [-0.4, -0.2) is 96.6 Å². The quantitative estimate of drug-likeness (QED) is 0.290. The summed E-state index contributed by atoms with van der Waals surface area (Å²) in [5, 5.41) is 20.0. The number of nitrogens with zero attached hydrogens (tertiary/aromatic N) is 4. The van der Waals surface area contributed by atoms with Crippen LogP contribution >= 0.6 is 0 Å². The molecule has 6 rings (SSSR count). The van der Waals surface area contributed by atoms with Crippen molar-refractivity contribution in [3.8, 4) is 5.75 Å². The number of nitrogens with one attached hydrogen (secondary N) is 2. The van der Waals surface area contributed by atoms with Crippen molar-refractivity contribution < 1.29 is 41.4 Å². The number of rotatable bonds is 10. The first-order chi connectivity index (χ1) is 22.6. The summed E-state index contributed by atoms with van der Waals surface area (Å²) in [5.74, 6) is -2.27. The number of carboxylic acid groups (broad SMARTS) is 1. The molecule has 3 aliphatic rings. The van der Waals surface area contributed by atoms with Crippen LogP contribution in [0.3, 0.4) is 0 Å². The number of sulfonamides is 1. The number of amides is 1. The zero-order valence-electron chi connectivity index (χ0n) is 25.6. The Labute approximate surface area is 270 Å². The van der Waals surface area contributed by atoms with Crippen molar-refractivity contribution in [2.75, 3.05) is 56.6 Å². The number of fused-ring (bicyclic) bond motifs is 1. The van der Waals surface area contributed by atoms with Gasteiger partial charge in [0, 0.05) is 63.0 Å².